The van der Waals surface area contributed by atoms with Gasteiger partial charge in [0.05, 0.1) is 19.0 Å². The fourth-order valence-corrected chi connectivity index (χ4v) is 4.69. The van der Waals surface area contributed by atoms with Gasteiger partial charge in [-0.3, -0.25) is 34.2 Å². The topological polar surface area (TPSA) is 386 Å². The maximum atomic E-state index is 13.4. The third-order valence-corrected chi connectivity index (χ3v) is 7.52. The second-order valence-corrected chi connectivity index (χ2v) is 11.9. The van der Waals surface area contributed by atoms with E-state index in [1.807, 2.05) is 0 Å². The second kappa shape index (κ2) is 27.2. The van der Waals surface area contributed by atoms with E-state index >= 15 is 0 Å². The van der Waals surface area contributed by atoms with Gasteiger partial charge in [0.15, 0.2) is 5.96 Å². The number of carboxylic acid groups (broad SMARTS) is 2. The molecule has 19 N–H and O–H groups in total. The summed E-state index contributed by atoms with van der Waals surface area (Å²) in [5, 5.41) is 40.4. The van der Waals surface area contributed by atoms with Gasteiger partial charge in [-0.1, -0.05) is 6.42 Å². The quantitative estimate of drug-likeness (QED) is 0.0196. The highest BCUT2D eigenvalue weighted by Crippen LogP contribution is 2.07. The molecule has 51 heavy (non-hydrogen) atoms. The van der Waals surface area contributed by atoms with Crippen molar-refractivity contribution in [3.05, 3.63) is 0 Å². The van der Waals surface area contributed by atoms with E-state index in [1.165, 1.54) is 0 Å². The van der Waals surface area contributed by atoms with Crippen molar-refractivity contribution >= 4 is 47.4 Å². The Bertz CT molecular complexity index is 1140. The van der Waals surface area contributed by atoms with Crippen LogP contribution in [0.3, 0.4) is 0 Å². The SMILES string of the molecule is N=C(N)NCCC[C@H](NC(=O)[C@H](CC(=O)O)NC(=O)CNC(=O)[C@H](CCCCN)NC(=O)[C@H](CCCCN)NC(=O)[C@@H](N)CCCCN)C(=O)O. The van der Waals surface area contributed by atoms with Gasteiger partial charge in [0, 0.05) is 6.54 Å². The summed E-state index contributed by atoms with van der Waals surface area (Å²) in [7, 11) is 0. The van der Waals surface area contributed by atoms with Crippen LogP contribution in [0.1, 0.15) is 77.0 Å². The smallest absolute Gasteiger partial charge is 0.326 e. The molecular weight excluding hydrogens is 672 g/mol. The summed E-state index contributed by atoms with van der Waals surface area (Å²) in [6.45, 7) is 0.545. The molecule has 0 saturated carbocycles. The van der Waals surface area contributed by atoms with Crippen LogP contribution in [-0.4, -0.2) is 121 Å². The van der Waals surface area contributed by atoms with E-state index in [1.54, 1.807) is 0 Å². The lowest BCUT2D eigenvalue weighted by molar-refractivity contribution is -0.143. The molecule has 5 atom stereocenters. The number of nitrogens with two attached hydrogens (primary N) is 5. The number of hydrogen-bond acceptors (Lipinski definition) is 12. The Kier molecular flexibility index (Phi) is 24.7. The highest BCUT2D eigenvalue weighted by atomic mass is 16.4. The van der Waals surface area contributed by atoms with Crippen molar-refractivity contribution in [3.8, 4) is 0 Å². The summed E-state index contributed by atoms with van der Waals surface area (Å²) in [6, 6.07) is -6.19. The maximum Gasteiger partial charge on any atom is 0.326 e. The maximum absolute atomic E-state index is 13.4. The number of aliphatic carboxylic acids is 2. The van der Waals surface area contributed by atoms with Gasteiger partial charge in [-0.2, -0.15) is 0 Å². The lowest BCUT2D eigenvalue weighted by atomic mass is 10.0. The number of nitrogens with one attached hydrogen (secondary N) is 7. The zero-order chi connectivity index (χ0) is 38.8. The molecule has 0 radical (unpaired) electrons. The van der Waals surface area contributed by atoms with Crippen molar-refractivity contribution in [3.63, 3.8) is 0 Å². The number of hydrogen-bond donors (Lipinski definition) is 14. The van der Waals surface area contributed by atoms with E-state index in [4.69, 9.17) is 34.1 Å². The number of guanidine groups is 1. The van der Waals surface area contributed by atoms with Crippen molar-refractivity contribution in [2.75, 3.05) is 32.7 Å². The Morgan fingerprint density at radius 2 is 1.04 bits per heavy atom. The molecule has 0 heterocycles. The summed E-state index contributed by atoms with van der Waals surface area (Å²) in [5.74, 6) is -7.23. The van der Waals surface area contributed by atoms with Gasteiger partial charge in [-0.25, -0.2) is 4.79 Å². The van der Waals surface area contributed by atoms with Gasteiger partial charge in [-0.05, 0) is 83.8 Å². The van der Waals surface area contributed by atoms with E-state index in [0.717, 1.165) is 0 Å². The van der Waals surface area contributed by atoms with Gasteiger partial charge < -0.3 is 70.8 Å². The molecule has 0 saturated heterocycles. The van der Waals surface area contributed by atoms with E-state index in [2.05, 4.69) is 31.9 Å². The predicted octanol–water partition coefficient (Wildman–Crippen LogP) is -4.42. The molecule has 0 aliphatic rings. The summed E-state index contributed by atoms with van der Waals surface area (Å²) in [5.41, 5.74) is 27.9. The Labute approximate surface area is 297 Å². The molecule has 21 nitrogen and oxygen atoms in total. The van der Waals surface area contributed by atoms with Crippen molar-refractivity contribution in [2.45, 2.75) is 107 Å². The lowest BCUT2D eigenvalue weighted by Gasteiger charge is -2.24. The predicted molar refractivity (Wildman–Crippen MR) is 186 cm³/mol. The van der Waals surface area contributed by atoms with Crippen molar-refractivity contribution < 1.29 is 43.8 Å². The standard InChI is InChI=1S/C30H58N12O9/c31-12-4-1-8-18(34)25(46)40-20(10-3-6-14-33)27(48)41-19(9-2-5-13-32)26(47)38-17-23(43)39-22(16-24(44)45)28(49)42-21(29(50)51)11-7-15-37-30(35)36/h18-22H,1-17,31-34H2,(H,38,47)(H,39,43)(H,40,46)(H,41,48)(H,42,49)(H,44,45)(H,50,51)(H4,35,36,37)/t18-,19-,20-,21-,22-/m0/s1. The molecular formula is C30H58N12O9. The van der Waals surface area contributed by atoms with Crippen LogP contribution in [0.4, 0.5) is 0 Å². The molecule has 0 aliphatic heterocycles. The van der Waals surface area contributed by atoms with Crippen LogP contribution in [0, 0.1) is 5.41 Å². The molecule has 21 heteroatoms. The fourth-order valence-electron chi connectivity index (χ4n) is 4.69. The van der Waals surface area contributed by atoms with E-state index in [9.17, 15) is 43.8 Å². The largest absolute Gasteiger partial charge is 0.481 e. The molecule has 0 unspecified atom stereocenters. The van der Waals surface area contributed by atoms with Crippen molar-refractivity contribution in [1.82, 2.24) is 31.9 Å². The first-order valence-corrected chi connectivity index (χ1v) is 17.0. The molecule has 5 amide bonds. The van der Waals surface area contributed by atoms with Crippen LogP contribution >= 0.6 is 0 Å². The van der Waals surface area contributed by atoms with E-state index < -0.39 is 84.6 Å². The van der Waals surface area contributed by atoms with E-state index in [-0.39, 0.29) is 38.2 Å². The molecule has 292 valence electrons. The minimum atomic E-state index is -1.69. The van der Waals surface area contributed by atoms with Gasteiger partial charge in [0.25, 0.3) is 0 Å². The van der Waals surface area contributed by atoms with Crippen molar-refractivity contribution in [2.24, 2.45) is 28.7 Å². The Morgan fingerprint density at radius 1 is 0.569 bits per heavy atom. The average Bonchev–Trinajstić information content (AvgIpc) is 3.06. The Morgan fingerprint density at radius 3 is 1.55 bits per heavy atom. The number of amides is 5. The van der Waals surface area contributed by atoms with Crippen molar-refractivity contribution in [1.29, 1.82) is 5.41 Å². The Hall–Kier alpha value is -4.60. The van der Waals surface area contributed by atoms with Gasteiger partial charge in [0.1, 0.15) is 24.2 Å². The first-order chi connectivity index (χ1) is 24.2. The van der Waals surface area contributed by atoms with Crippen LogP contribution in [0.25, 0.3) is 0 Å². The first kappa shape index (κ1) is 46.4. The highest BCUT2D eigenvalue weighted by molar-refractivity contribution is 5.96. The normalized spacial score (nSPS) is 13.7. The fraction of sp³-hybridized carbons (Fsp3) is 0.733. The van der Waals surface area contributed by atoms with Gasteiger partial charge >= 0.3 is 11.9 Å². The molecule has 0 bridgehead atoms. The minimum Gasteiger partial charge on any atom is -0.481 e. The van der Waals surface area contributed by atoms with Crippen LogP contribution in [0.5, 0.6) is 0 Å². The highest BCUT2D eigenvalue weighted by Gasteiger charge is 2.30. The monoisotopic (exact) mass is 730 g/mol. The second-order valence-electron chi connectivity index (χ2n) is 11.9. The molecule has 0 aromatic rings. The molecule has 0 aliphatic carbocycles. The number of rotatable bonds is 29. The average molecular weight is 731 g/mol. The third-order valence-electron chi connectivity index (χ3n) is 7.52. The first-order valence-electron chi connectivity index (χ1n) is 17.0. The van der Waals surface area contributed by atoms with Crippen LogP contribution in [0.15, 0.2) is 0 Å². The number of unbranched alkanes of at least 4 members (excludes halogenated alkanes) is 3. The summed E-state index contributed by atoms with van der Waals surface area (Å²) in [4.78, 5) is 87.9. The number of carbonyl (C=O) groups is 7. The summed E-state index contributed by atoms with van der Waals surface area (Å²) >= 11 is 0. The zero-order valence-electron chi connectivity index (χ0n) is 29.0. The molecule has 0 aromatic heterocycles. The number of carbonyl (C=O) groups excluding carboxylic acids is 5. The molecule has 0 aromatic carbocycles. The molecule has 0 spiro atoms. The van der Waals surface area contributed by atoms with E-state index in [0.29, 0.717) is 64.6 Å². The summed E-state index contributed by atoms with van der Waals surface area (Å²) in [6.07, 6.45) is 3.22. The Balaban J connectivity index is 5.59. The van der Waals surface area contributed by atoms with Crippen LogP contribution in [0.2, 0.25) is 0 Å². The lowest BCUT2D eigenvalue weighted by Crippen LogP contribution is -2.57. The molecule has 0 fully saturated rings. The zero-order valence-corrected chi connectivity index (χ0v) is 29.0. The minimum absolute atomic E-state index is 0.0957. The summed E-state index contributed by atoms with van der Waals surface area (Å²) < 4.78 is 0. The third kappa shape index (κ3) is 22.0. The van der Waals surface area contributed by atoms with Gasteiger partial charge in [-0.15, -0.1) is 0 Å². The number of carboxylic acids is 2. The van der Waals surface area contributed by atoms with Crippen LogP contribution < -0.4 is 60.6 Å². The van der Waals surface area contributed by atoms with Crippen LogP contribution in [-0.2, 0) is 33.6 Å². The molecule has 0 rings (SSSR count). The van der Waals surface area contributed by atoms with Gasteiger partial charge in [0.2, 0.25) is 29.5 Å².